The van der Waals surface area contributed by atoms with Crippen molar-refractivity contribution in [1.29, 1.82) is 0 Å². The van der Waals surface area contributed by atoms with Crippen LogP contribution in [0.4, 0.5) is 4.79 Å². The molecule has 1 aliphatic rings. The van der Waals surface area contributed by atoms with Gasteiger partial charge in [-0.25, -0.2) is 4.79 Å². The van der Waals surface area contributed by atoms with Crippen molar-refractivity contribution in [3.63, 3.8) is 0 Å². The zero-order valence-electron chi connectivity index (χ0n) is 14.5. The fraction of sp³-hybridized carbons (Fsp3) is 0.611. The normalized spacial score (nSPS) is 16.6. The molecule has 0 aromatic rings. The average Bonchev–Trinajstić information content (AvgIpc) is 2.46. The lowest BCUT2D eigenvalue weighted by molar-refractivity contribution is 0.122. The fourth-order valence-corrected chi connectivity index (χ4v) is 2.43. The molecule has 1 atom stereocenters. The Labute approximate surface area is 130 Å². The number of alkyl carbamates (subject to hydrolysis) is 1. The van der Waals surface area contributed by atoms with Gasteiger partial charge in [0.15, 0.2) is 0 Å². The Morgan fingerprint density at radius 2 is 1.90 bits per heavy atom. The molecule has 0 spiro atoms. The molecular formula is C18H31NO2. The summed E-state index contributed by atoms with van der Waals surface area (Å²) in [4.78, 5) is 11.8. The first kappa shape index (κ1) is 19.5. The van der Waals surface area contributed by atoms with Crippen LogP contribution in [0.15, 0.2) is 35.1 Å². The van der Waals surface area contributed by atoms with E-state index in [1.54, 1.807) is 0 Å². The highest BCUT2D eigenvalue weighted by atomic mass is 16.6. The van der Waals surface area contributed by atoms with E-state index in [2.05, 4.69) is 18.8 Å². The molecule has 120 valence electrons. The molecule has 1 rings (SSSR count). The van der Waals surface area contributed by atoms with E-state index in [0.717, 1.165) is 18.4 Å². The third kappa shape index (κ3) is 6.65. The second kappa shape index (κ2) is 10.3. The van der Waals surface area contributed by atoms with Crippen LogP contribution in [-0.4, -0.2) is 12.2 Å². The summed E-state index contributed by atoms with van der Waals surface area (Å²) in [6.07, 6.45) is 5.85. The Balaban J connectivity index is 0.00000191. The van der Waals surface area contributed by atoms with Crippen molar-refractivity contribution in [2.75, 3.05) is 0 Å². The molecule has 0 saturated carbocycles. The first-order valence-electron chi connectivity index (χ1n) is 7.94. The van der Waals surface area contributed by atoms with Crippen LogP contribution in [0.25, 0.3) is 0 Å². The zero-order chi connectivity index (χ0) is 16.4. The second-order valence-corrected chi connectivity index (χ2v) is 5.17. The predicted octanol–water partition coefficient (Wildman–Crippen LogP) is 5.50. The summed E-state index contributed by atoms with van der Waals surface area (Å²) in [5, 5.41) is 2.73. The van der Waals surface area contributed by atoms with Crippen LogP contribution in [0.5, 0.6) is 0 Å². The molecule has 0 bridgehead atoms. The van der Waals surface area contributed by atoms with E-state index in [0.29, 0.717) is 5.70 Å². The average molecular weight is 293 g/mol. The Kier molecular flexibility index (Phi) is 9.51. The minimum atomic E-state index is -0.408. The van der Waals surface area contributed by atoms with Gasteiger partial charge in [0, 0.05) is 5.70 Å². The van der Waals surface area contributed by atoms with E-state index < -0.39 is 6.09 Å². The maximum Gasteiger partial charge on any atom is 0.412 e. The molecule has 0 radical (unpaired) electrons. The maximum absolute atomic E-state index is 11.8. The molecule has 0 saturated heterocycles. The molecule has 0 aromatic heterocycles. The van der Waals surface area contributed by atoms with E-state index in [1.807, 2.05) is 40.7 Å². The number of ether oxygens (including phenoxy) is 1. The third-order valence-corrected chi connectivity index (χ3v) is 3.56. The topological polar surface area (TPSA) is 38.3 Å². The Morgan fingerprint density at radius 3 is 2.38 bits per heavy atom. The summed E-state index contributed by atoms with van der Waals surface area (Å²) in [6, 6.07) is 0. The number of carbonyl (C=O) groups excluding carboxylic acids is 1. The van der Waals surface area contributed by atoms with Crippen molar-refractivity contribution in [3.05, 3.63) is 35.1 Å². The molecule has 3 heteroatoms. The summed E-state index contributed by atoms with van der Waals surface area (Å²) in [7, 11) is 0. The maximum atomic E-state index is 11.8. The number of allylic oxidation sites excluding steroid dienone is 3. The lowest BCUT2D eigenvalue weighted by atomic mass is 9.90. The van der Waals surface area contributed by atoms with Crippen molar-refractivity contribution < 1.29 is 9.53 Å². The summed E-state index contributed by atoms with van der Waals surface area (Å²) in [5.41, 5.74) is 4.18. The second-order valence-electron chi connectivity index (χ2n) is 5.17. The molecule has 21 heavy (non-hydrogen) atoms. The fourth-order valence-electron chi connectivity index (χ4n) is 2.43. The highest BCUT2D eigenvalue weighted by Gasteiger charge is 2.19. The largest absolute Gasteiger partial charge is 0.442 e. The number of rotatable bonds is 4. The van der Waals surface area contributed by atoms with Crippen molar-refractivity contribution in [1.82, 2.24) is 5.32 Å². The first-order chi connectivity index (χ1) is 9.95. The third-order valence-electron chi connectivity index (χ3n) is 3.56. The molecule has 0 aliphatic heterocycles. The molecule has 1 unspecified atom stereocenters. The molecule has 1 N–H and O–H groups in total. The van der Waals surface area contributed by atoms with Crippen LogP contribution in [0, 0.1) is 0 Å². The number of hydrogen-bond donors (Lipinski definition) is 1. The number of hydrogen-bond acceptors (Lipinski definition) is 2. The van der Waals surface area contributed by atoms with Crippen molar-refractivity contribution in [2.45, 2.75) is 73.3 Å². The van der Waals surface area contributed by atoms with Crippen LogP contribution in [0.2, 0.25) is 0 Å². The van der Waals surface area contributed by atoms with Gasteiger partial charge in [-0.1, -0.05) is 32.1 Å². The minimum absolute atomic E-state index is 0.150. The van der Waals surface area contributed by atoms with Gasteiger partial charge in [-0.2, -0.15) is 0 Å². The van der Waals surface area contributed by atoms with Gasteiger partial charge in [0.1, 0.15) is 6.10 Å². The highest BCUT2D eigenvalue weighted by Crippen LogP contribution is 2.27. The lowest BCUT2D eigenvalue weighted by Gasteiger charge is -2.23. The van der Waals surface area contributed by atoms with Gasteiger partial charge < -0.3 is 4.74 Å². The van der Waals surface area contributed by atoms with Gasteiger partial charge in [0.25, 0.3) is 0 Å². The molecule has 0 heterocycles. The van der Waals surface area contributed by atoms with E-state index in [1.165, 1.54) is 24.0 Å². The summed E-state index contributed by atoms with van der Waals surface area (Å²) in [6.45, 7) is 15.6. The van der Waals surface area contributed by atoms with Gasteiger partial charge >= 0.3 is 6.09 Å². The van der Waals surface area contributed by atoms with Gasteiger partial charge in [0.2, 0.25) is 0 Å². The van der Waals surface area contributed by atoms with E-state index >= 15 is 0 Å². The monoisotopic (exact) mass is 293 g/mol. The van der Waals surface area contributed by atoms with E-state index in [4.69, 9.17) is 4.74 Å². The van der Waals surface area contributed by atoms with Crippen LogP contribution >= 0.6 is 0 Å². The number of amides is 1. The van der Waals surface area contributed by atoms with Gasteiger partial charge in [0.05, 0.1) is 0 Å². The quantitative estimate of drug-likeness (QED) is 0.549. The molecular weight excluding hydrogens is 262 g/mol. The van der Waals surface area contributed by atoms with Gasteiger partial charge in [-0.15, -0.1) is 0 Å². The zero-order valence-corrected chi connectivity index (χ0v) is 14.5. The highest BCUT2D eigenvalue weighted by molar-refractivity contribution is 5.71. The SMILES string of the molecule is C=C(C)/C(=C/C)NC(=O)OC(C)C1=C(C)CCCC1.CC. The standard InChI is InChI=1S/C16H25NO2.C2H6/c1-6-15(11(2)3)17-16(18)19-13(5)14-10-8-7-9-12(14)4;1-2/h6,13H,2,7-10H2,1,3-5H3,(H,17,18);1-2H3/b15-6-;. The van der Waals surface area contributed by atoms with Crippen LogP contribution in [0.1, 0.15) is 67.2 Å². The Bertz CT molecular complexity index is 419. The van der Waals surface area contributed by atoms with Crippen molar-refractivity contribution in [3.8, 4) is 0 Å². The Hall–Kier alpha value is -1.51. The van der Waals surface area contributed by atoms with Gasteiger partial charge in [-0.05, 0) is 64.5 Å². The van der Waals surface area contributed by atoms with E-state index in [-0.39, 0.29) is 6.10 Å². The summed E-state index contributed by atoms with van der Waals surface area (Å²) < 4.78 is 5.45. The van der Waals surface area contributed by atoms with Crippen LogP contribution in [-0.2, 0) is 4.74 Å². The first-order valence-corrected chi connectivity index (χ1v) is 7.94. The lowest BCUT2D eigenvalue weighted by Crippen LogP contribution is -2.29. The van der Waals surface area contributed by atoms with Crippen molar-refractivity contribution >= 4 is 6.09 Å². The molecule has 3 nitrogen and oxygen atoms in total. The van der Waals surface area contributed by atoms with E-state index in [9.17, 15) is 4.79 Å². The Morgan fingerprint density at radius 1 is 1.33 bits per heavy atom. The molecule has 0 aromatic carbocycles. The number of nitrogens with one attached hydrogen (secondary N) is 1. The predicted molar refractivity (Wildman–Crippen MR) is 90.2 cm³/mol. The minimum Gasteiger partial charge on any atom is -0.442 e. The summed E-state index contributed by atoms with van der Waals surface area (Å²) >= 11 is 0. The summed E-state index contributed by atoms with van der Waals surface area (Å²) in [5.74, 6) is 0. The van der Waals surface area contributed by atoms with Gasteiger partial charge in [-0.3, -0.25) is 5.32 Å². The molecule has 1 amide bonds. The molecule has 1 aliphatic carbocycles. The van der Waals surface area contributed by atoms with Crippen LogP contribution in [0.3, 0.4) is 0 Å². The van der Waals surface area contributed by atoms with Crippen LogP contribution < -0.4 is 5.32 Å². The number of carbonyl (C=O) groups is 1. The molecule has 0 fully saturated rings. The van der Waals surface area contributed by atoms with Crippen molar-refractivity contribution in [2.24, 2.45) is 0 Å². The smallest absolute Gasteiger partial charge is 0.412 e.